The number of rotatable bonds is 7. The van der Waals surface area contributed by atoms with E-state index in [4.69, 9.17) is 0 Å². The van der Waals surface area contributed by atoms with Crippen LogP contribution < -0.4 is 10.0 Å². The van der Waals surface area contributed by atoms with Crippen LogP contribution in [0.5, 0.6) is 0 Å². The molecule has 2 atom stereocenters. The molecule has 0 spiro atoms. The third kappa shape index (κ3) is 5.26. The van der Waals surface area contributed by atoms with Gasteiger partial charge in [0.1, 0.15) is 0 Å². The molecule has 108 valence electrons. The van der Waals surface area contributed by atoms with Crippen LogP contribution in [0.1, 0.15) is 39.3 Å². The van der Waals surface area contributed by atoms with Crippen molar-refractivity contribution in [3.63, 3.8) is 0 Å². The van der Waals surface area contributed by atoms with E-state index in [1.165, 1.54) is 0 Å². The van der Waals surface area contributed by atoms with Crippen LogP contribution in [-0.2, 0) is 10.0 Å². The van der Waals surface area contributed by atoms with E-state index in [-0.39, 0.29) is 12.1 Å². The second kappa shape index (κ2) is 6.98. The minimum Gasteiger partial charge on any atom is -0.313 e. The van der Waals surface area contributed by atoms with E-state index in [2.05, 4.69) is 15.0 Å². The molecule has 5 nitrogen and oxygen atoms in total. The van der Waals surface area contributed by atoms with E-state index in [9.17, 15) is 8.42 Å². The minimum atomic E-state index is -3.34. The largest absolute Gasteiger partial charge is 0.313 e. The molecule has 1 aromatic rings. The minimum absolute atomic E-state index is 0.272. The number of pyridine rings is 1. The lowest BCUT2D eigenvalue weighted by atomic mass is 10.2. The Morgan fingerprint density at radius 2 is 1.95 bits per heavy atom. The first-order chi connectivity index (χ1) is 8.83. The molecule has 0 amide bonds. The van der Waals surface area contributed by atoms with E-state index in [1.54, 1.807) is 25.4 Å². The molecule has 0 fully saturated rings. The van der Waals surface area contributed by atoms with Gasteiger partial charge < -0.3 is 5.32 Å². The van der Waals surface area contributed by atoms with Crippen LogP contribution in [0.25, 0.3) is 0 Å². The van der Waals surface area contributed by atoms with Crippen molar-refractivity contribution in [2.45, 2.75) is 45.0 Å². The molecule has 1 aromatic heterocycles. The van der Waals surface area contributed by atoms with Gasteiger partial charge in [-0.05, 0) is 25.5 Å². The van der Waals surface area contributed by atoms with Crippen LogP contribution in [0.4, 0.5) is 0 Å². The van der Waals surface area contributed by atoms with Gasteiger partial charge in [0.25, 0.3) is 0 Å². The molecule has 19 heavy (non-hydrogen) atoms. The lowest BCUT2D eigenvalue weighted by molar-refractivity contribution is 0.531. The lowest BCUT2D eigenvalue weighted by Crippen LogP contribution is -2.41. The SMILES string of the molecule is CC(C)NCC(C)S(=O)(=O)NC(C)c1cccnc1. The number of hydrogen-bond donors (Lipinski definition) is 2. The highest BCUT2D eigenvalue weighted by Crippen LogP contribution is 2.12. The zero-order chi connectivity index (χ0) is 14.5. The Hall–Kier alpha value is -0.980. The lowest BCUT2D eigenvalue weighted by Gasteiger charge is -2.20. The summed E-state index contributed by atoms with van der Waals surface area (Å²) in [6.45, 7) is 7.94. The smallest absolute Gasteiger partial charge is 0.216 e. The standard InChI is InChI=1S/C13H23N3O2S/c1-10(2)15-8-11(3)19(17,18)16-12(4)13-6-5-7-14-9-13/h5-7,9-12,15-16H,8H2,1-4H3. The molecule has 0 aliphatic heterocycles. The second-order valence-electron chi connectivity index (χ2n) is 5.04. The maximum Gasteiger partial charge on any atom is 0.216 e. The first-order valence-electron chi connectivity index (χ1n) is 6.47. The maximum absolute atomic E-state index is 12.2. The molecule has 0 radical (unpaired) electrons. The highest BCUT2D eigenvalue weighted by Gasteiger charge is 2.23. The molecule has 0 saturated carbocycles. The summed E-state index contributed by atoms with van der Waals surface area (Å²) in [5.41, 5.74) is 0.857. The Labute approximate surface area is 115 Å². The predicted octanol–water partition coefficient (Wildman–Crippen LogP) is 1.45. The fourth-order valence-electron chi connectivity index (χ4n) is 1.57. The van der Waals surface area contributed by atoms with Gasteiger partial charge in [0.15, 0.2) is 0 Å². The van der Waals surface area contributed by atoms with E-state index >= 15 is 0 Å². The number of nitrogens with one attached hydrogen (secondary N) is 2. The predicted molar refractivity (Wildman–Crippen MR) is 77.3 cm³/mol. The number of aromatic nitrogens is 1. The van der Waals surface area contributed by atoms with E-state index < -0.39 is 15.3 Å². The van der Waals surface area contributed by atoms with Crippen molar-refractivity contribution in [2.75, 3.05) is 6.54 Å². The maximum atomic E-state index is 12.2. The Bertz CT molecular complexity index is 474. The van der Waals surface area contributed by atoms with Gasteiger partial charge in [0.2, 0.25) is 10.0 Å². The molecule has 2 N–H and O–H groups in total. The van der Waals surface area contributed by atoms with E-state index in [0.29, 0.717) is 6.54 Å². The summed E-state index contributed by atoms with van der Waals surface area (Å²) in [5.74, 6) is 0. The summed E-state index contributed by atoms with van der Waals surface area (Å²) in [7, 11) is -3.34. The van der Waals surface area contributed by atoms with Crippen molar-refractivity contribution in [3.05, 3.63) is 30.1 Å². The summed E-state index contributed by atoms with van der Waals surface area (Å²) in [4.78, 5) is 3.99. The van der Waals surface area contributed by atoms with Crippen LogP contribution >= 0.6 is 0 Å². The molecule has 0 aromatic carbocycles. The molecule has 1 rings (SSSR count). The van der Waals surface area contributed by atoms with Crippen LogP contribution in [0, 0.1) is 0 Å². The highest BCUT2D eigenvalue weighted by atomic mass is 32.2. The molecule has 6 heteroatoms. The molecule has 0 aliphatic rings. The molecule has 0 aliphatic carbocycles. The summed E-state index contributed by atoms with van der Waals surface area (Å²) >= 11 is 0. The first kappa shape index (κ1) is 16.1. The van der Waals surface area contributed by atoms with Gasteiger partial charge in [0.05, 0.1) is 5.25 Å². The quantitative estimate of drug-likeness (QED) is 0.795. The van der Waals surface area contributed by atoms with E-state index in [1.807, 2.05) is 26.8 Å². The van der Waals surface area contributed by atoms with Gasteiger partial charge in [-0.2, -0.15) is 0 Å². The normalized spacial score (nSPS) is 15.4. The van der Waals surface area contributed by atoms with E-state index in [0.717, 1.165) is 5.56 Å². The first-order valence-corrected chi connectivity index (χ1v) is 8.02. The molecule has 0 bridgehead atoms. The third-order valence-electron chi connectivity index (χ3n) is 2.87. The van der Waals surface area contributed by atoms with Crippen LogP contribution in [-0.4, -0.2) is 31.2 Å². The summed E-state index contributed by atoms with van der Waals surface area (Å²) < 4.78 is 27.0. The Balaban J connectivity index is 2.64. The molecule has 0 saturated heterocycles. The van der Waals surface area contributed by atoms with Gasteiger partial charge >= 0.3 is 0 Å². The third-order valence-corrected chi connectivity index (χ3v) is 4.78. The zero-order valence-corrected chi connectivity index (χ0v) is 12.7. The highest BCUT2D eigenvalue weighted by molar-refractivity contribution is 7.90. The van der Waals surface area contributed by atoms with Crippen molar-refractivity contribution in [2.24, 2.45) is 0 Å². The zero-order valence-electron chi connectivity index (χ0n) is 11.9. The van der Waals surface area contributed by atoms with Crippen molar-refractivity contribution in [1.82, 2.24) is 15.0 Å². The molecular weight excluding hydrogens is 262 g/mol. The Morgan fingerprint density at radius 1 is 1.26 bits per heavy atom. The summed E-state index contributed by atoms with van der Waals surface area (Å²) in [6.07, 6.45) is 3.34. The van der Waals surface area contributed by atoms with Gasteiger partial charge in [-0.3, -0.25) is 4.98 Å². The summed E-state index contributed by atoms with van der Waals surface area (Å²) in [6, 6.07) is 3.65. The van der Waals surface area contributed by atoms with Crippen molar-refractivity contribution < 1.29 is 8.42 Å². The van der Waals surface area contributed by atoms with Crippen LogP contribution in [0.2, 0.25) is 0 Å². The fourth-order valence-corrected chi connectivity index (χ4v) is 2.75. The topological polar surface area (TPSA) is 71.1 Å². The van der Waals surface area contributed by atoms with Gasteiger partial charge in [-0.25, -0.2) is 13.1 Å². The van der Waals surface area contributed by atoms with Gasteiger partial charge in [-0.1, -0.05) is 19.9 Å². The Morgan fingerprint density at radius 3 is 2.47 bits per heavy atom. The van der Waals surface area contributed by atoms with Crippen molar-refractivity contribution in [3.8, 4) is 0 Å². The monoisotopic (exact) mass is 285 g/mol. The number of nitrogens with zero attached hydrogens (tertiary/aromatic N) is 1. The van der Waals surface area contributed by atoms with Gasteiger partial charge in [-0.15, -0.1) is 0 Å². The van der Waals surface area contributed by atoms with Gasteiger partial charge in [0, 0.05) is 31.0 Å². The molecule has 1 heterocycles. The second-order valence-corrected chi connectivity index (χ2v) is 7.17. The van der Waals surface area contributed by atoms with Crippen molar-refractivity contribution in [1.29, 1.82) is 0 Å². The average Bonchev–Trinajstić information content (AvgIpc) is 2.36. The molecule has 2 unspecified atom stereocenters. The van der Waals surface area contributed by atoms with Crippen LogP contribution in [0.3, 0.4) is 0 Å². The number of hydrogen-bond acceptors (Lipinski definition) is 4. The average molecular weight is 285 g/mol. The Kier molecular flexibility index (Phi) is 5.90. The fraction of sp³-hybridized carbons (Fsp3) is 0.615. The van der Waals surface area contributed by atoms with Crippen LogP contribution in [0.15, 0.2) is 24.5 Å². The number of sulfonamides is 1. The van der Waals surface area contributed by atoms with Crippen molar-refractivity contribution >= 4 is 10.0 Å². The molecular formula is C13H23N3O2S. The summed E-state index contributed by atoms with van der Waals surface area (Å²) in [5, 5.41) is 2.66.